The van der Waals surface area contributed by atoms with Gasteiger partial charge in [0.2, 0.25) is 0 Å². The largest absolute Gasteiger partial charge is 0.505 e. The molecule has 0 atom stereocenters. The Morgan fingerprint density at radius 2 is 1.72 bits per heavy atom. The number of amides is 1. The number of phenolic OH excluding ortho intramolecular Hbond substituents is 1. The topological polar surface area (TPSA) is 141 Å². The lowest BCUT2D eigenvalue weighted by Crippen LogP contribution is -2.38. The second kappa shape index (κ2) is 11.5. The number of nitrogens with zero attached hydrogens (tertiary/aromatic N) is 3. The number of hydrogen-bond donors (Lipinski definition) is 3. The number of rotatable bonds is 8. The number of fused-ring (bicyclic) bond motifs is 2. The van der Waals surface area contributed by atoms with E-state index in [-0.39, 0.29) is 23.3 Å². The van der Waals surface area contributed by atoms with E-state index >= 15 is 0 Å². The van der Waals surface area contributed by atoms with E-state index in [9.17, 15) is 22.9 Å². The average Bonchev–Trinajstić information content (AvgIpc) is 2.94. The number of carbonyl (C=O) groups excluding carboxylic acids is 1. The summed E-state index contributed by atoms with van der Waals surface area (Å²) < 4.78 is 37.5. The third-order valence-electron chi connectivity index (χ3n) is 6.64. The molecule has 0 radical (unpaired) electrons. The van der Waals surface area contributed by atoms with Gasteiger partial charge in [-0.1, -0.05) is 36.4 Å². The molecule has 0 saturated carbocycles. The number of morpholine rings is 1. The van der Waals surface area contributed by atoms with Gasteiger partial charge in [0.1, 0.15) is 5.69 Å². The fourth-order valence-electron chi connectivity index (χ4n) is 4.56. The maximum Gasteiger partial charge on any atom is 0.294 e. The fourth-order valence-corrected chi connectivity index (χ4v) is 5.07. The van der Waals surface area contributed by atoms with Crippen LogP contribution >= 0.6 is 0 Å². The van der Waals surface area contributed by atoms with Crippen molar-refractivity contribution in [2.24, 2.45) is 10.2 Å². The molecule has 4 aromatic rings. The van der Waals surface area contributed by atoms with Crippen molar-refractivity contribution in [3.8, 4) is 5.75 Å². The van der Waals surface area contributed by atoms with E-state index in [1.807, 2.05) is 18.2 Å². The molecule has 5 rings (SSSR count). The highest BCUT2D eigenvalue weighted by atomic mass is 32.2. The van der Waals surface area contributed by atoms with Gasteiger partial charge in [0.15, 0.2) is 5.75 Å². The Hall–Kier alpha value is -3.90. The van der Waals surface area contributed by atoms with E-state index in [1.165, 1.54) is 12.1 Å². The number of hydrogen-bond acceptors (Lipinski definition) is 8. The van der Waals surface area contributed by atoms with Gasteiger partial charge in [0.05, 0.1) is 29.4 Å². The van der Waals surface area contributed by atoms with Gasteiger partial charge in [0, 0.05) is 26.4 Å². The minimum atomic E-state index is -4.31. The number of ether oxygens (including phenoxy) is 1. The molecule has 10 nitrogen and oxygen atoms in total. The van der Waals surface area contributed by atoms with Crippen molar-refractivity contribution in [1.29, 1.82) is 0 Å². The van der Waals surface area contributed by atoms with E-state index in [0.29, 0.717) is 28.4 Å². The molecule has 39 heavy (non-hydrogen) atoms. The summed E-state index contributed by atoms with van der Waals surface area (Å²) >= 11 is 0. The Morgan fingerprint density at radius 1 is 0.974 bits per heavy atom. The second-order valence-electron chi connectivity index (χ2n) is 9.27. The maximum absolute atomic E-state index is 13.0. The van der Waals surface area contributed by atoms with Crippen LogP contribution in [0.4, 0.5) is 11.4 Å². The smallest absolute Gasteiger partial charge is 0.294 e. The third kappa shape index (κ3) is 6.23. The third-order valence-corrected chi connectivity index (χ3v) is 7.49. The second-order valence-corrected chi connectivity index (χ2v) is 10.7. The average molecular weight is 551 g/mol. The van der Waals surface area contributed by atoms with Crippen LogP contribution in [-0.4, -0.2) is 68.3 Å². The number of aromatic hydroxyl groups is 1. The molecule has 11 heteroatoms. The first kappa shape index (κ1) is 26.7. The van der Waals surface area contributed by atoms with Crippen molar-refractivity contribution in [3.05, 3.63) is 72.3 Å². The molecule has 0 aliphatic carbocycles. The molecule has 204 valence electrons. The molecule has 0 spiro atoms. The molecule has 1 aliphatic rings. The van der Waals surface area contributed by atoms with Crippen LogP contribution in [0.25, 0.3) is 21.5 Å². The first-order chi connectivity index (χ1) is 18.8. The summed E-state index contributed by atoms with van der Waals surface area (Å²) in [5, 5.41) is 25.2. The van der Waals surface area contributed by atoms with Crippen LogP contribution < -0.4 is 5.32 Å². The molecule has 1 amide bonds. The molecule has 4 aromatic carbocycles. The highest BCUT2D eigenvalue weighted by molar-refractivity contribution is 7.85. The summed E-state index contributed by atoms with van der Waals surface area (Å²) in [6, 6.07) is 18.2. The molecule has 0 unspecified atom stereocenters. The molecular formula is C28H30N4O6S. The van der Waals surface area contributed by atoms with Crippen molar-refractivity contribution in [1.82, 2.24) is 10.2 Å². The maximum atomic E-state index is 13.0. The van der Waals surface area contributed by atoms with Gasteiger partial charge < -0.3 is 15.2 Å². The van der Waals surface area contributed by atoms with E-state index in [0.717, 1.165) is 44.7 Å². The molecule has 1 fully saturated rings. The molecule has 1 saturated heterocycles. The van der Waals surface area contributed by atoms with Gasteiger partial charge >= 0.3 is 0 Å². The highest BCUT2D eigenvalue weighted by Gasteiger charge is 2.18. The number of carbonyl (C=O) groups is 1. The van der Waals surface area contributed by atoms with Crippen LogP contribution in [0.3, 0.4) is 0 Å². The van der Waals surface area contributed by atoms with Crippen LogP contribution in [0.1, 0.15) is 18.2 Å². The molecule has 0 bridgehead atoms. The standard InChI is InChI=1S/C28H28N4O6S.H2/c33-27-25(28(34)29-10-3-11-32-12-14-38-15-13-32)18-21-4-1-2-5-24(21)26(27)31-30-22-8-6-20-17-23(39(35,36)37)9-7-19(20)16-22;/h1-2,4-9,16-18,33H,3,10-15H2,(H,29,34)(H,35,36,37);1H. The lowest BCUT2D eigenvalue weighted by molar-refractivity contribution is 0.0374. The minimum Gasteiger partial charge on any atom is -0.505 e. The van der Waals surface area contributed by atoms with Gasteiger partial charge in [-0.2, -0.15) is 13.5 Å². The van der Waals surface area contributed by atoms with Gasteiger partial charge in [0.25, 0.3) is 16.0 Å². The van der Waals surface area contributed by atoms with E-state index in [4.69, 9.17) is 4.74 Å². The Labute approximate surface area is 227 Å². The fraction of sp³-hybridized carbons (Fsp3) is 0.250. The van der Waals surface area contributed by atoms with Gasteiger partial charge in [-0.15, -0.1) is 5.11 Å². The molecule has 3 N–H and O–H groups in total. The zero-order chi connectivity index (χ0) is 27.4. The van der Waals surface area contributed by atoms with Crippen molar-refractivity contribution in [2.75, 3.05) is 39.4 Å². The normalized spacial score (nSPS) is 14.8. The monoisotopic (exact) mass is 550 g/mol. The van der Waals surface area contributed by atoms with E-state index in [2.05, 4.69) is 20.4 Å². The van der Waals surface area contributed by atoms with Crippen LogP contribution in [-0.2, 0) is 14.9 Å². The Morgan fingerprint density at radius 3 is 2.51 bits per heavy atom. The molecule has 1 heterocycles. The number of benzene rings is 4. The Balaban J connectivity index is 0.00000370. The van der Waals surface area contributed by atoms with Gasteiger partial charge in [-0.25, -0.2) is 0 Å². The minimum absolute atomic E-state index is 0. The Kier molecular flexibility index (Phi) is 7.84. The number of nitrogens with one attached hydrogen (secondary N) is 1. The SMILES string of the molecule is O=C(NCCCN1CCOCC1)c1cc2ccccc2c(N=Nc2ccc3cc(S(=O)(=O)O)ccc3c2)c1O.[HH]. The predicted molar refractivity (Wildman–Crippen MR) is 150 cm³/mol. The quantitative estimate of drug-likeness (QED) is 0.158. The zero-order valence-corrected chi connectivity index (χ0v) is 21.9. The van der Waals surface area contributed by atoms with Crippen LogP contribution in [0, 0.1) is 0 Å². The summed E-state index contributed by atoms with van der Waals surface area (Å²) in [4.78, 5) is 15.1. The summed E-state index contributed by atoms with van der Waals surface area (Å²) in [5.74, 6) is -0.654. The number of phenols is 1. The lowest BCUT2D eigenvalue weighted by Gasteiger charge is -2.26. The van der Waals surface area contributed by atoms with Gasteiger partial charge in [-0.05, 0) is 59.5 Å². The van der Waals surface area contributed by atoms with Crippen molar-refractivity contribution in [3.63, 3.8) is 0 Å². The van der Waals surface area contributed by atoms with Crippen LogP contribution in [0.15, 0.2) is 81.9 Å². The van der Waals surface area contributed by atoms with Crippen molar-refractivity contribution < 1.29 is 29.0 Å². The summed E-state index contributed by atoms with van der Waals surface area (Å²) in [6.45, 7) is 4.55. The summed E-state index contributed by atoms with van der Waals surface area (Å²) in [5.41, 5.74) is 0.752. The van der Waals surface area contributed by atoms with Crippen LogP contribution in [0.2, 0.25) is 0 Å². The Bertz CT molecular complexity index is 1670. The molecule has 0 aromatic heterocycles. The van der Waals surface area contributed by atoms with E-state index in [1.54, 1.807) is 36.4 Å². The van der Waals surface area contributed by atoms with Crippen molar-refractivity contribution in [2.45, 2.75) is 11.3 Å². The van der Waals surface area contributed by atoms with Gasteiger partial charge in [-0.3, -0.25) is 14.2 Å². The molecular weight excluding hydrogens is 520 g/mol. The van der Waals surface area contributed by atoms with Crippen molar-refractivity contribution >= 4 is 48.9 Å². The summed E-state index contributed by atoms with van der Waals surface area (Å²) in [6.07, 6.45) is 0.778. The first-order valence-electron chi connectivity index (χ1n) is 12.6. The lowest BCUT2D eigenvalue weighted by atomic mass is 10.0. The summed E-state index contributed by atoms with van der Waals surface area (Å²) in [7, 11) is -4.31. The zero-order valence-electron chi connectivity index (χ0n) is 21.1. The molecule has 1 aliphatic heterocycles. The van der Waals surface area contributed by atoms with E-state index < -0.39 is 16.0 Å². The first-order valence-corrected chi connectivity index (χ1v) is 14.0. The number of azo groups is 1. The highest BCUT2D eigenvalue weighted by Crippen LogP contribution is 2.39. The van der Waals surface area contributed by atoms with Crippen LogP contribution in [0.5, 0.6) is 5.75 Å². The predicted octanol–water partition coefficient (Wildman–Crippen LogP) is 5.06.